The maximum Gasteiger partial charge on any atom is 0.180 e. The fraction of sp³-hybridized carbons (Fsp3) is 0. The van der Waals surface area contributed by atoms with Crippen LogP contribution in [0.3, 0.4) is 0 Å². The summed E-state index contributed by atoms with van der Waals surface area (Å²) in [5.41, 5.74) is 11.8. The Bertz CT molecular complexity index is 3910. The van der Waals surface area contributed by atoms with Crippen LogP contribution in [0.1, 0.15) is 0 Å². The van der Waals surface area contributed by atoms with Gasteiger partial charge in [0.15, 0.2) is 28.9 Å². The summed E-state index contributed by atoms with van der Waals surface area (Å²) in [6.45, 7) is 0. The van der Waals surface area contributed by atoms with Gasteiger partial charge < -0.3 is 13.4 Å². The van der Waals surface area contributed by atoms with Gasteiger partial charge in [0.25, 0.3) is 0 Å². The van der Waals surface area contributed by atoms with E-state index >= 15 is 0 Å². The summed E-state index contributed by atoms with van der Waals surface area (Å²) in [6, 6.07) is 65.8. The van der Waals surface area contributed by atoms with Crippen molar-refractivity contribution in [3.8, 4) is 62.5 Å². The molecule has 13 rings (SSSR count). The molecule has 8 aromatic carbocycles. The summed E-state index contributed by atoms with van der Waals surface area (Å²) in [6.07, 6.45) is 0. The molecule has 0 aliphatic rings. The molecule has 0 amide bonds. The molecular formula is C55H32N6O2. The Balaban J connectivity index is 1.03. The number of aromatic nitrogens is 6. The summed E-state index contributed by atoms with van der Waals surface area (Å²) < 4.78 is 15.7. The number of hydrogen-bond donors (Lipinski definition) is 0. The molecule has 0 aliphatic heterocycles. The Morgan fingerprint density at radius 2 is 0.921 bits per heavy atom. The summed E-state index contributed by atoms with van der Waals surface area (Å²) in [5, 5.41) is 4.99. The van der Waals surface area contributed by atoms with Gasteiger partial charge in [-0.15, -0.1) is 0 Å². The molecule has 0 spiro atoms. The van der Waals surface area contributed by atoms with Crippen molar-refractivity contribution in [1.82, 2.24) is 29.5 Å². The molecule has 0 unspecified atom stereocenters. The van der Waals surface area contributed by atoms with Gasteiger partial charge >= 0.3 is 0 Å². The highest BCUT2D eigenvalue weighted by Crippen LogP contribution is 2.43. The van der Waals surface area contributed by atoms with Crippen LogP contribution < -0.4 is 0 Å². The van der Waals surface area contributed by atoms with Crippen LogP contribution in [0.4, 0.5) is 0 Å². The van der Waals surface area contributed by atoms with Gasteiger partial charge in [-0.25, -0.2) is 24.9 Å². The minimum absolute atomic E-state index is 0.539. The predicted octanol–water partition coefficient (Wildman–Crippen LogP) is 13.9. The molecule has 0 atom stereocenters. The Kier molecular flexibility index (Phi) is 7.74. The first-order valence-electron chi connectivity index (χ1n) is 20.8. The van der Waals surface area contributed by atoms with Crippen molar-refractivity contribution in [3.05, 3.63) is 194 Å². The summed E-state index contributed by atoms with van der Waals surface area (Å²) in [5.74, 6) is 2.30. The standard InChI is InChI=1S/C55H32N6O2/c1-4-16-33(17-5-1)52-56-48-38-23-11-13-28-45(38)62-51(48)49(57-52)41-26-14-24-39-47-40(25-15-29-46(47)63-50(39)41)55-59-53(34-18-6-2-7-19-34)58-54(60-55)35-30-31-44-42(32-35)37-22-10-12-27-43(37)61(44)36-20-8-3-9-21-36/h1-32H. The Morgan fingerprint density at radius 1 is 0.349 bits per heavy atom. The SMILES string of the molecule is c1ccc(-c2nc(-c3ccc4c(c3)c3ccccc3n4-c3ccccc3)nc(-c3cccc4oc5c(-c6nc(-c7ccccc7)nc7c6oc6ccccc67)cccc5c34)n2)cc1. The molecule has 5 heterocycles. The molecule has 8 nitrogen and oxygen atoms in total. The molecule has 13 aromatic rings. The van der Waals surface area contributed by atoms with Crippen LogP contribution >= 0.6 is 0 Å². The van der Waals surface area contributed by atoms with Crippen molar-refractivity contribution in [3.63, 3.8) is 0 Å². The normalized spacial score (nSPS) is 11.8. The summed E-state index contributed by atoms with van der Waals surface area (Å²) in [7, 11) is 0. The van der Waals surface area contributed by atoms with E-state index < -0.39 is 0 Å². The minimum atomic E-state index is 0.539. The lowest BCUT2D eigenvalue weighted by Crippen LogP contribution is -2.00. The van der Waals surface area contributed by atoms with Gasteiger partial charge in [-0.1, -0.05) is 133 Å². The molecule has 0 fully saturated rings. The van der Waals surface area contributed by atoms with E-state index in [1.54, 1.807) is 0 Å². The van der Waals surface area contributed by atoms with E-state index in [1.807, 2.05) is 115 Å². The van der Waals surface area contributed by atoms with Crippen LogP contribution in [-0.4, -0.2) is 29.5 Å². The van der Waals surface area contributed by atoms with E-state index in [9.17, 15) is 0 Å². The maximum absolute atomic E-state index is 6.85. The lowest BCUT2D eigenvalue weighted by Gasteiger charge is -2.10. The van der Waals surface area contributed by atoms with Crippen molar-refractivity contribution in [1.29, 1.82) is 0 Å². The first kappa shape index (κ1) is 35.0. The van der Waals surface area contributed by atoms with E-state index in [0.717, 1.165) is 82.6 Å². The molecule has 0 saturated carbocycles. The molecule has 0 radical (unpaired) electrons. The zero-order chi connectivity index (χ0) is 41.4. The second-order valence-electron chi connectivity index (χ2n) is 15.6. The number of furan rings is 2. The molecule has 0 aliphatic carbocycles. The van der Waals surface area contributed by atoms with Crippen LogP contribution in [0.2, 0.25) is 0 Å². The number of fused-ring (bicyclic) bond motifs is 9. The lowest BCUT2D eigenvalue weighted by molar-refractivity contribution is 0.663. The average molecular weight is 809 g/mol. The fourth-order valence-electron chi connectivity index (χ4n) is 9.02. The number of benzene rings is 8. The highest BCUT2D eigenvalue weighted by atomic mass is 16.3. The topological polar surface area (TPSA) is 95.7 Å². The first-order valence-corrected chi connectivity index (χ1v) is 20.8. The van der Waals surface area contributed by atoms with Crippen molar-refractivity contribution >= 4 is 65.8 Å². The lowest BCUT2D eigenvalue weighted by atomic mass is 10.0. The fourth-order valence-corrected chi connectivity index (χ4v) is 9.02. The third-order valence-corrected chi connectivity index (χ3v) is 11.9. The van der Waals surface area contributed by atoms with Gasteiger partial charge in [-0.3, -0.25) is 0 Å². The molecular weight excluding hydrogens is 777 g/mol. The molecule has 63 heavy (non-hydrogen) atoms. The summed E-state index contributed by atoms with van der Waals surface area (Å²) in [4.78, 5) is 25.8. The maximum atomic E-state index is 6.85. The van der Waals surface area contributed by atoms with E-state index in [2.05, 4.69) is 83.4 Å². The van der Waals surface area contributed by atoms with E-state index in [0.29, 0.717) is 45.7 Å². The van der Waals surface area contributed by atoms with Gasteiger partial charge in [0, 0.05) is 60.4 Å². The molecule has 0 N–H and O–H groups in total. The van der Waals surface area contributed by atoms with Crippen LogP contribution in [0.25, 0.3) is 128 Å². The van der Waals surface area contributed by atoms with Gasteiger partial charge in [-0.2, -0.15) is 0 Å². The molecule has 0 bridgehead atoms. The third-order valence-electron chi connectivity index (χ3n) is 11.9. The van der Waals surface area contributed by atoms with Crippen LogP contribution in [0, 0.1) is 0 Å². The van der Waals surface area contributed by atoms with Crippen LogP contribution in [0.5, 0.6) is 0 Å². The van der Waals surface area contributed by atoms with E-state index in [1.165, 1.54) is 0 Å². The molecule has 5 aromatic heterocycles. The Morgan fingerprint density at radius 3 is 1.71 bits per heavy atom. The highest BCUT2D eigenvalue weighted by Gasteiger charge is 2.24. The monoisotopic (exact) mass is 808 g/mol. The van der Waals surface area contributed by atoms with Crippen LogP contribution in [-0.2, 0) is 0 Å². The minimum Gasteiger partial charge on any atom is -0.455 e. The molecule has 0 saturated heterocycles. The van der Waals surface area contributed by atoms with Gasteiger partial charge in [0.05, 0.1) is 11.0 Å². The zero-order valence-electron chi connectivity index (χ0n) is 33.5. The Hall–Kier alpha value is -8.75. The molecule has 8 heteroatoms. The average Bonchev–Trinajstić information content (AvgIpc) is 4.04. The number of nitrogens with zero attached hydrogens (tertiary/aromatic N) is 6. The smallest absolute Gasteiger partial charge is 0.180 e. The number of para-hydroxylation sites is 4. The Labute approximate surface area is 359 Å². The van der Waals surface area contributed by atoms with E-state index in [4.69, 9.17) is 33.8 Å². The van der Waals surface area contributed by atoms with Crippen molar-refractivity contribution in [2.75, 3.05) is 0 Å². The van der Waals surface area contributed by atoms with Gasteiger partial charge in [0.1, 0.15) is 28.0 Å². The second-order valence-corrected chi connectivity index (χ2v) is 15.6. The van der Waals surface area contributed by atoms with Crippen molar-refractivity contribution in [2.24, 2.45) is 0 Å². The van der Waals surface area contributed by atoms with Gasteiger partial charge in [0.2, 0.25) is 0 Å². The van der Waals surface area contributed by atoms with E-state index in [-0.39, 0.29) is 0 Å². The van der Waals surface area contributed by atoms with Gasteiger partial charge in [-0.05, 0) is 60.7 Å². The van der Waals surface area contributed by atoms with Crippen LogP contribution in [0.15, 0.2) is 203 Å². The second kappa shape index (κ2) is 13.9. The quantitative estimate of drug-likeness (QED) is 0.165. The predicted molar refractivity (Wildman–Crippen MR) is 251 cm³/mol. The number of hydrogen-bond acceptors (Lipinski definition) is 7. The first-order chi connectivity index (χ1) is 31.2. The van der Waals surface area contributed by atoms with Crippen molar-refractivity contribution in [2.45, 2.75) is 0 Å². The summed E-state index contributed by atoms with van der Waals surface area (Å²) >= 11 is 0. The zero-order valence-corrected chi connectivity index (χ0v) is 33.5. The van der Waals surface area contributed by atoms with Crippen molar-refractivity contribution < 1.29 is 8.83 Å². The highest BCUT2D eigenvalue weighted by molar-refractivity contribution is 6.17. The largest absolute Gasteiger partial charge is 0.455 e. The third kappa shape index (κ3) is 5.58. The number of rotatable bonds is 6. The molecule has 294 valence electrons.